The van der Waals surface area contributed by atoms with Crippen LogP contribution in [0.25, 0.3) is 66.1 Å². The molecule has 0 saturated carbocycles. The summed E-state index contributed by atoms with van der Waals surface area (Å²) in [6, 6.07) is 63.0. The second-order valence-electron chi connectivity index (χ2n) is 14.0. The Kier molecular flexibility index (Phi) is 5.83. The molecule has 0 unspecified atom stereocenters. The van der Waals surface area contributed by atoms with Crippen LogP contribution in [0.4, 0.5) is 28.4 Å². The Hall–Kier alpha value is -6.98. The van der Waals surface area contributed by atoms with E-state index in [4.69, 9.17) is 8.83 Å². The summed E-state index contributed by atoms with van der Waals surface area (Å²) in [6.45, 7) is -0.110. The predicted octanol–water partition coefficient (Wildman–Crippen LogP) is 11.9. The zero-order chi connectivity index (χ0) is 34.6. The lowest BCUT2D eigenvalue weighted by molar-refractivity contribution is 0.669. The third kappa shape index (κ3) is 3.91. The lowest BCUT2D eigenvalue weighted by Crippen LogP contribution is -2.61. The van der Waals surface area contributed by atoms with E-state index in [9.17, 15) is 0 Å². The van der Waals surface area contributed by atoms with Gasteiger partial charge in [0, 0.05) is 49.7 Å². The minimum absolute atomic E-state index is 0.110. The Labute approximate surface area is 305 Å². The molecular weight excluding hydrogens is 647 g/mol. The van der Waals surface area contributed by atoms with Gasteiger partial charge in [0.25, 0.3) is 0 Å². The first-order valence-corrected chi connectivity index (χ1v) is 18.1. The summed E-state index contributed by atoms with van der Waals surface area (Å²) < 4.78 is 13.2. The highest BCUT2D eigenvalue weighted by Crippen LogP contribution is 2.51. The molecule has 0 amide bonds. The standard InChI is InChI=1S/C48H29BN2O2/c1-2-14-30(15-3-1)45-39(28-29-44-46(45)35-18-6-11-27-43(35)52-44)50-38-23-9-7-21-36(38)49-47-33(19-12-24-40(47)50)31-16-4-8-22-37(31)51(49)41-25-13-20-34-32-17-5-10-26-42(32)53-48(34)41/h1-29H. The molecular formula is C48H29BN2O2. The van der Waals surface area contributed by atoms with Gasteiger partial charge in [0.2, 0.25) is 0 Å². The summed E-state index contributed by atoms with van der Waals surface area (Å²) in [7, 11) is 0. The van der Waals surface area contributed by atoms with Crippen molar-refractivity contribution in [2.45, 2.75) is 0 Å². The van der Waals surface area contributed by atoms with Crippen LogP contribution in [0.5, 0.6) is 0 Å². The van der Waals surface area contributed by atoms with E-state index in [0.29, 0.717) is 0 Å². The molecule has 2 aliphatic rings. The van der Waals surface area contributed by atoms with Gasteiger partial charge in [0.15, 0.2) is 5.58 Å². The first-order chi connectivity index (χ1) is 26.3. The number of fused-ring (bicyclic) bond motifs is 10. The Balaban J connectivity index is 1.18. The second-order valence-corrected chi connectivity index (χ2v) is 14.0. The fraction of sp³-hybridized carbons (Fsp3) is 0. The van der Waals surface area contributed by atoms with Crippen molar-refractivity contribution < 1.29 is 8.83 Å². The average molecular weight is 677 g/mol. The zero-order valence-electron chi connectivity index (χ0n) is 28.5. The van der Waals surface area contributed by atoms with Gasteiger partial charge in [-0.25, -0.2) is 0 Å². The van der Waals surface area contributed by atoms with Crippen LogP contribution in [0, 0.1) is 0 Å². The van der Waals surface area contributed by atoms with Crippen molar-refractivity contribution in [3.8, 4) is 22.3 Å². The van der Waals surface area contributed by atoms with E-state index in [-0.39, 0.29) is 6.85 Å². The van der Waals surface area contributed by atoms with Crippen molar-refractivity contribution in [2.24, 2.45) is 0 Å². The summed E-state index contributed by atoms with van der Waals surface area (Å²) in [6.07, 6.45) is 0. The topological polar surface area (TPSA) is 32.8 Å². The lowest BCUT2D eigenvalue weighted by Gasteiger charge is -2.45. The van der Waals surface area contributed by atoms with Crippen molar-refractivity contribution in [1.29, 1.82) is 0 Å². The number of rotatable bonds is 3. The van der Waals surface area contributed by atoms with Crippen molar-refractivity contribution in [2.75, 3.05) is 9.71 Å². The Morgan fingerprint density at radius 2 is 1.04 bits per heavy atom. The number of para-hydroxylation sites is 5. The lowest BCUT2D eigenvalue weighted by atomic mass is 9.43. The fourth-order valence-corrected chi connectivity index (χ4v) is 9.14. The predicted molar refractivity (Wildman–Crippen MR) is 220 cm³/mol. The van der Waals surface area contributed by atoms with Crippen molar-refractivity contribution in [3.05, 3.63) is 176 Å². The molecule has 2 aromatic heterocycles. The van der Waals surface area contributed by atoms with E-state index in [2.05, 4.69) is 174 Å². The van der Waals surface area contributed by atoms with Crippen LogP contribution in [-0.4, -0.2) is 6.85 Å². The maximum Gasteiger partial charge on any atom is 0.333 e. The fourth-order valence-electron chi connectivity index (χ4n) is 9.14. The van der Waals surface area contributed by atoms with Gasteiger partial charge in [0.1, 0.15) is 16.7 Å². The minimum atomic E-state index is -0.110. The minimum Gasteiger partial charge on any atom is -0.456 e. The summed E-state index contributed by atoms with van der Waals surface area (Å²) in [4.78, 5) is 5.01. The first-order valence-electron chi connectivity index (χ1n) is 18.1. The molecule has 10 aromatic rings. The zero-order valence-corrected chi connectivity index (χ0v) is 28.5. The quantitative estimate of drug-likeness (QED) is 0.174. The Morgan fingerprint density at radius 1 is 0.396 bits per heavy atom. The summed E-state index contributed by atoms with van der Waals surface area (Å²) >= 11 is 0. The van der Waals surface area contributed by atoms with Crippen LogP contribution in [0.2, 0.25) is 0 Å². The van der Waals surface area contributed by atoms with Crippen LogP contribution in [0.3, 0.4) is 0 Å². The number of anilines is 5. The molecule has 4 nitrogen and oxygen atoms in total. The molecule has 0 aliphatic carbocycles. The van der Waals surface area contributed by atoms with Gasteiger partial charge in [0.05, 0.1) is 11.4 Å². The molecule has 4 heterocycles. The maximum atomic E-state index is 6.73. The molecule has 0 spiro atoms. The van der Waals surface area contributed by atoms with E-state index in [1.165, 1.54) is 22.1 Å². The van der Waals surface area contributed by atoms with Crippen LogP contribution in [0.15, 0.2) is 185 Å². The smallest absolute Gasteiger partial charge is 0.333 e. The number of furan rings is 2. The largest absolute Gasteiger partial charge is 0.456 e. The maximum absolute atomic E-state index is 6.73. The second kappa shape index (κ2) is 10.8. The van der Waals surface area contributed by atoms with E-state index >= 15 is 0 Å². The van der Waals surface area contributed by atoms with Crippen LogP contribution >= 0.6 is 0 Å². The van der Waals surface area contributed by atoms with Gasteiger partial charge in [-0.05, 0) is 70.6 Å². The van der Waals surface area contributed by atoms with E-state index < -0.39 is 0 Å². The van der Waals surface area contributed by atoms with Gasteiger partial charge in [-0.2, -0.15) is 0 Å². The summed E-state index contributed by atoms with van der Waals surface area (Å²) in [5, 5.41) is 4.48. The number of hydrogen-bond donors (Lipinski definition) is 0. The normalized spacial score (nSPS) is 13.2. The number of hydrogen-bond acceptors (Lipinski definition) is 4. The molecule has 0 saturated heterocycles. The summed E-state index contributed by atoms with van der Waals surface area (Å²) in [5.41, 5.74) is 16.4. The molecule has 0 radical (unpaired) electrons. The number of benzene rings is 8. The molecule has 0 fully saturated rings. The molecule has 12 rings (SSSR count). The van der Waals surface area contributed by atoms with Crippen LogP contribution < -0.4 is 20.6 Å². The molecule has 0 atom stereocenters. The first kappa shape index (κ1) is 28.7. The summed E-state index contributed by atoms with van der Waals surface area (Å²) in [5.74, 6) is 0. The molecule has 8 aromatic carbocycles. The highest BCUT2D eigenvalue weighted by Gasteiger charge is 2.45. The van der Waals surface area contributed by atoms with Gasteiger partial charge < -0.3 is 18.5 Å². The molecule has 0 bridgehead atoms. The van der Waals surface area contributed by atoms with Gasteiger partial charge >= 0.3 is 6.85 Å². The molecule has 2 aliphatic heterocycles. The highest BCUT2D eigenvalue weighted by atomic mass is 16.3. The van der Waals surface area contributed by atoms with Crippen LogP contribution in [0.1, 0.15) is 0 Å². The van der Waals surface area contributed by atoms with Crippen LogP contribution in [-0.2, 0) is 0 Å². The average Bonchev–Trinajstić information content (AvgIpc) is 3.80. The third-order valence-corrected chi connectivity index (χ3v) is 11.2. The van der Waals surface area contributed by atoms with Crippen molar-refractivity contribution in [1.82, 2.24) is 0 Å². The molecule has 53 heavy (non-hydrogen) atoms. The third-order valence-electron chi connectivity index (χ3n) is 11.2. The monoisotopic (exact) mass is 676 g/mol. The van der Waals surface area contributed by atoms with Crippen molar-refractivity contribution in [3.63, 3.8) is 0 Å². The van der Waals surface area contributed by atoms with E-state index in [1.54, 1.807) is 0 Å². The Bertz CT molecular complexity index is 3110. The Morgan fingerprint density at radius 3 is 1.92 bits per heavy atom. The molecule has 0 N–H and O–H groups in total. The van der Waals surface area contributed by atoms with E-state index in [1.807, 2.05) is 12.1 Å². The van der Waals surface area contributed by atoms with Gasteiger partial charge in [-0.3, -0.25) is 0 Å². The van der Waals surface area contributed by atoms with E-state index in [0.717, 1.165) is 83.4 Å². The molecule has 246 valence electrons. The van der Waals surface area contributed by atoms with Crippen molar-refractivity contribution >= 4 is 90.1 Å². The van der Waals surface area contributed by atoms with Gasteiger partial charge in [-0.1, -0.05) is 127 Å². The molecule has 5 heteroatoms. The van der Waals surface area contributed by atoms with Gasteiger partial charge in [-0.15, -0.1) is 0 Å². The number of nitrogens with zero attached hydrogens (tertiary/aromatic N) is 2. The highest BCUT2D eigenvalue weighted by molar-refractivity contribution is 6.93. The SMILES string of the molecule is c1ccc(-c2c(N3c4ccccc4B4c5c(cccc53)-c3ccccc3N4c3cccc4c3oc3ccccc34)ccc3oc4ccccc4c23)cc1.